The van der Waals surface area contributed by atoms with Gasteiger partial charge in [-0.3, -0.25) is 4.79 Å². The monoisotopic (exact) mass is 496 g/mol. The molecular weight excluding hydrogens is 460 g/mol. The fourth-order valence-corrected chi connectivity index (χ4v) is 4.78. The number of primary amides is 1. The van der Waals surface area contributed by atoms with E-state index in [2.05, 4.69) is 59.9 Å². The Hall–Kier alpha value is -3.74. The summed E-state index contributed by atoms with van der Waals surface area (Å²) in [7, 11) is 0. The van der Waals surface area contributed by atoms with Gasteiger partial charge in [0.1, 0.15) is 5.82 Å². The number of aromatic nitrogens is 2. The van der Waals surface area contributed by atoms with Crippen LogP contribution in [-0.2, 0) is 17.6 Å². The number of nitrogens with zero attached hydrogens (tertiary/aromatic N) is 2. The number of nitrogens with two attached hydrogens (primary N) is 1. The van der Waals surface area contributed by atoms with Crippen molar-refractivity contribution in [3.05, 3.63) is 119 Å². The van der Waals surface area contributed by atoms with Crippen molar-refractivity contribution < 1.29 is 9.90 Å². The van der Waals surface area contributed by atoms with Gasteiger partial charge in [0.2, 0.25) is 5.91 Å². The number of hydrogen-bond donors (Lipinski definition) is 3. The van der Waals surface area contributed by atoms with Gasteiger partial charge in [0.05, 0.1) is 12.0 Å². The molecule has 0 saturated heterocycles. The van der Waals surface area contributed by atoms with Crippen LogP contribution >= 0.6 is 0 Å². The Balaban J connectivity index is 1.34. The predicted molar refractivity (Wildman–Crippen MR) is 148 cm³/mol. The second kappa shape index (κ2) is 12.0. The first-order valence-corrected chi connectivity index (χ1v) is 12.8. The molecule has 0 aliphatic heterocycles. The van der Waals surface area contributed by atoms with Crippen molar-refractivity contribution in [1.82, 2.24) is 14.9 Å². The van der Waals surface area contributed by atoms with Crippen molar-refractivity contribution >= 4 is 5.91 Å². The Morgan fingerprint density at radius 3 is 2.27 bits per heavy atom. The topological polar surface area (TPSA) is 93.2 Å². The van der Waals surface area contributed by atoms with Crippen molar-refractivity contribution in [3.8, 4) is 5.82 Å². The molecule has 6 nitrogen and oxygen atoms in total. The highest BCUT2D eigenvalue weighted by Crippen LogP contribution is 2.23. The molecule has 192 valence electrons. The quantitative estimate of drug-likeness (QED) is 0.284. The summed E-state index contributed by atoms with van der Waals surface area (Å²) in [5.41, 5.74) is 11.9. The minimum absolute atomic E-state index is 0.128. The van der Waals surface area contributed by atoms with Gasteiger partial charge in [-0.1, -0.05) is 60.7 Å². The van der Waals surface area contributed by atoms with Crippen LogP contribution < -0.4 is 11.1 Å². The summed E-state index contributed by atoms with van der Waals surface area (Å²) >= 11 is 0. The van der Waals surface area contributed by atoms with Crippen molar-refractivity contribution in [2.45, 2.75) is 51.7 Å². The molecule has 1 amide bonds. The Bertz CT molecular complexity index is 1300. The highest BCUT2D eigenvalue weighted by molar-refractivity contribution is 5.82. The van der Waals surface area contributed by atoms with Crippen LogP contribution in [0, 0.1) is 13.8 Å². The molecule has 2 heterocycles. The van der Waals surface area contributed by atoms with Crippen LogP contribution in [0.4, 0.5) is 0 Å². The SMILES string of the molecule is Cc1ccc(C)n1-c1ccc([C@@H](O)CN[C@H](C)Cc2cccc(C(Cc3ccccc3)C(N)=O)c2)cn1. The lowest BCUT2D eigenvalue weighted by molar-refractivity contribution is -0.119. The third-order valence-electron chi connectivity index (χ3n) is 6.84. The molecular formula is C31H36N4O2. The van der Waals surface area contributed by atoms with E-state index >= 15 is 0 Å². The maximum absolute atomic E-state index is 12.2. The molecule has 0 spiro atoms. The first kappa shape index (κ1) is 26.3. The second-order valence-corrected chi connectivity index (χ2v) is 9.82. The maximum atomic E-state index is 12.2. The number of amides is 1. The van der Waals surface area contributed by atoms with Gasteiger partial charge < -0.3 is 20.7 Å². The summed E-state index contributed by atoms with van der Waals surface area (Å²) in [6, 6.07) is 26.2. The number of pyridine rings is 1. The van der Waals surface area contributed by atoms with Crippen molar-refractivity contribution in [2.24, 2.45) is 5.73 Å². The summed E-state index contributed by atoms with van der Waals surface area (Å²) in [6.07, 6.45) is 2.43. The molecule has 0 radical (unpaired) electrons. The molecule has 3 atom stereocenters. The van der Waals surface area contributed by atoms with E-state index in [4.69, 9.17) is 5.73 Å². The molecule has 4 rings (SSSR count). The fourth-order valence-electron chi connectivity index (χ4n) is 4.78. The minimum Gasteiger partial charge on any atom is -0.387 e. The summed E-state index contributed by atoms with van der Waals surface area (Å²) < 4.78 is 2.09. The van der Waals surface area contributed by atoms with Crippen LogP contribution in [0.1, 0.15) is 52.6 Å². The summed E-state index contributed by atoms with van der Waals surface area (Å²) in [5, 5.41) is 14.2. The Morgan fingerprint density at radius 1 is 0.919 bits per heavy atom. The van der Waals surface area contributed by atoms with E-state index in [0.717, 1.165) is 45.9 Å². The molecule has 1 unspecified atom stereocenters. The van der Waals surface area contributed by atoms with Crippen LogP contribution in [0.5, 0.6) is 0 Å². The van der Waals surface area contributed by atoms with Crippen LogP contribution in [0.3, 0.4) is 0 Å². The van der Waals surface area contributed by atoms with E-state index < -0.39 is 6.10 Å². The third kappa shape index (κ3) is 6.73. The van der Waals surface area contributed by atoms with Crippen LogP contribution in [0.25, 0.3) is 5.82 Å². The number of hydrogen-bond acceptors (Lipinski definition) is 4. The standard InChI is InChI=1S/C31H36N4O2/c1-21(33-20-29(36)27-14-15-30(34-19-27)35-22(2)12-13-23(35)3)16-25-10-7-11-26(17-25)28(31(32)37)18-24-8-5-4-6-9-24/h4-15,17,19,21,28-29,33,36H,16,18,20H2,1-3H3,(H2,32,37)/t21-,28?,29+/m1/s1. The van der Waals surface area contributed by atoms with E-state index in [1.807, 2.05) is 54.6 Å². The number of nitrogens with one attached hydrogen (secondary N) is 1. The van der Waals surface area contributed by atoms with Gasteiger partial charge in [0, 0.05) is 35.7 Å². The Kier molecular flexibility index (Phi) is 8.54. The highest BCUT2D eigenvalue weighted by atomic mass is 16.3. The molecule has 0 aliphatic rings. The zero-order valence-electron chi connectivity index (χ0n) is 21.8. The van der Waals surface area contributed by atoms with Gasteiger partial charge >= 0.3 is 0 Å². The molecule has 0 bridgehead atoms. The summed E-state index contributed by atoms with van der Waals surface area (Å²) in [4.78, 5) is 16.8. The van der Waals surface area contributed by atoms with Crippen LogP contribution in [0.15, 0.2) is 85.1 Å². The summed E-state index contributed by atoms with van der Waals surface area (Å²) in [5.74, 6) is 0.151. The number of aryl methyl sites for hydroxylation is 2. The molecule has 37 heavy (non-hydrogen) atoms. The zero-order valence-corrected chi connectivity index (χ0v) is 21.8. The average molecular weight is 497 g/mol. The van der Waals surface area contributed by atoms with E-state index in [9.17, 15) is 9.90 Å². The molecule has 2 aromatic heterocycles. The van der Waals surface area contributed by atoms with Gasteiger partial charge in [-0.2, -0.15) is 0 Å². The average Bonchev–Trinajstić information content (AvgIpc) is 3.24. The predicted octanol–water partition coefficient (Wildman–Crippen LogP) is 4.55. The smallest absolute Gasteiger partial charge is 0.225 e. The highest BCUT2D eigenvalue weighted by Gasteiger charge is 2.19. The molecule has 0 fully saturated rings. The van der Waals surface area contributed by atoms with E-state index in [1.165, 1.54) is 0 Å². The minimum atomic E-state index is -0.660. The van der Waals surface area contributed by atoms with Gasteiger partial charge in [-0.15, -0.1) is 0 Å². The van der Waals surface area contributed by atoms with E-state index in [0.29, 0.717) is 13.0 Å². The van der Waals surface area contributed by atoms with E-state index in [1.54, 1.807) is 6.20 Å². The second-order valence-electron chi connectivity index (χ2n) is 9.82. The number of aliphatic hydroxyl groups excluding tert-OH is 1. The number of carbonyl (C=O) groups excluding carboxylic acids is 1. The first-order chi connectivity index (χ1) is 17.8. The summed E-state index contributed by atoms with van der Waals surface area (Å²) in [6.45, 7) is 6.61. The molecule has 0 aliphatic carbocycles. The molecule has 2 aromatic carbocycles. The Labute approximate surface area is 219 Å². The lowest BCUT2D eigenvalue weighted by Crippen LogP contribution is -2.32. The van der Waals surface area contributed by atoms with Crippen molar-refractivity contribution in [1.29, 1.82) is 0 Å². The van der Waals surface area contributed by atoms with Gasteiger partial charge in [0.25, 0.3) is 0 Å². The lowest BCUT2D eigenvalue weighted by atomic mass is 9.89. The molecule has 6 heteroatoms. The molecule has 4 N–H and O–H groups in total. The van der Waals surface area contributed by atoms with Gasteiger partial charge in [-0.25, -0.2) is 4.98 Å². The normalized spacial score (nSPS) is 13.7. The fraction of sp³-hybridized carbons (Fsp3) is 0.290. The largest absolute Gasteiger partial charge is 0.387 e. The lowest BCUT2D eigenvalue weighted by Gasteiger charge is -2.19. The number of benzene rings is 2. The van der Waals surface area contributed by atoms with E-state index in [-0.39, 0.29) is 17.9 Å². The van der Waals surface area contributed by atoms with Crippen LogP contribution in [-0.4, -0.2) is 33.2 Å². The Morgan fingerprint density at radius 2 is 1.62 bits per heavy atom. The third-order valence-corrected chi connectivity index (χ3v) is 6.84. The van der Waals surface area contributed by atoms with Crippen LogP contribution in [0.2, 0.25) is 0 Å². The number of aliphatic hydroxyl groups is 1. The maximum Gasteiger partial charge on any atom is 0.225 e. The first-order valence-electron chi connectivity index (χ1n) is 12.8. The number of rotatable bonds is 11. The van der Waals surface area contributed by atoms with Crippen molar-refractivity contribution in [2.75, 3.05) is 6.54 Å². The molecule has 0 saturated carbocycles. The zero-order chi connectivity index (χ0) is 26.4. The van der Waals surface area contributed by atoms with Gasteiger partial charge in [-0.05, 0) is 68.5 Å². The van der Waals surface area contributed by atoms with Gasteiger partial charge in [0.15, 0.2) is 0 Å². The number of carbonyl (C=O) groups is 1. The molecule has 4 aromatic rings. The van der Waals surface area contributed by atoms with Crippen molar-refractivity contribution in [3.63, 3.8) is 0 Å².